The van der Waals surface area contributed by atoms with Gasteiger partial charge in [-0.2, -0.15) is 4.98 Å². The summed E-state index contributed by atoms with van der Waals surface area (Å²) in [5.74, 6) is 0.694. The van der Waals surface area contributed by atoms with Crippen molar-refractivity contribution in [3.8, 4) is 16.9 Å². The van der Waals surface area contributed by atoms with E-state index in [4.69, 9.17) is 30.7 Å². The molecule has 7 rings (SSSR count). The van der Waals surface area contributed by atoms with Crippen LogP contribution in [0.2, 0.25) is 10.1 Å². The van der Waals surface area contributed by atoms with Crippen LogP contribution in [0.15, 0.2) is 114 Å². The van der Waals surface area contributed by atoms with Crippen molar-refractivity contribution in [2.45, 2.75) is 124 Å². The maximum atomic E-state index is 15.3. The van der Waals surface area contributed by atoms with Gasteiger partial charge in [0.05, 0.1) is 28.4 Å². The molecule has 0 spiro atoms. The first kappa shape index (κ1) is 46.7. The van der Waals surface area contributed by atoms with Gasteiger partial charge in [0.25, 0.3) is 8.32 Å². The van der Waals surface area contributed by atoms with Crippen molar-refractivity contribution in [1.29, 1.82) is 0 Å². The second kappa shape index (κ2) is 18.3. The Morgan fingerprint density at radius 3 is 1.92 bits per heavy atom. The van der Waals surface area contributed by atoms with Gasteiger partial charge >= 0.3 is 11.8 Å². The molecule has 0 aliphatic carbocycles. The molecule has 6 aromatic rings. The fourth-order valence-electron chi connectivity index (χ4n) is 9.34. The Morgan fingerprint density at radius 2 is 1.34 bits per heavy atom. The molecule has 0 unspecified atom stereocenters. The molecule has 336 valence electrons. The monoisotopic (exact) mass is 897 g/mol. The smallest absolute Gasteiger partial charge is 0.410 e. The van der Waals surface area contributed by atoms with Crippen LogP contribution in [0, 0.1) is 0 Å². The highest BCUT2D eigenvalue weighted by Gasteiger charge is 2.50. The molecule has 9 nitrogen and oxygen atoms in total. The van der Waals surface area contributed by atoms with E-state index < -0.39 is 19.6 Å². The predicted octanol–water partition coefficient (Wildman–Crippen LogP) is 11.3. The Hall–Kier alpha value is -5.29. The van der Waals surface area contributed by atoms with Crippen molar-refractivity contribution < 1.29 is 14.0 Å². The van der Waals surface area contributed by atoms with Gasteiger partial charge < -0.3 is 19.0 Å². The van der Waals surface area contributed by atoms with Crippen LogP contribution < -0.4 is 21.0 Å². The molecule has 1 aliphatic rings. The van der Waals surface area contributed by atoms with Crippen LogP contribution in [0.3, 0.4) is 0 Å². The summed E-state index contributed by atoms with van der Waals surface area (Å²) in [6, 6.07) is 37.1. The van der Waals surface area contributed by atoms with E-state index >= 15 is 4.79 Å². The SMILES string of the molecule is CC(C)c1ccccc1-c1nc2c(cc1Cl)c(N1C[C@@H](C)N(C(=O)OC(C)(C)C)C[C@@H]1C)nc(=O)n2-c1c(CO[Si](c2ccccc2)(c2ccccc2)C(C)(C)C)cccc1C(C)C. The van der Waals surface area contributed by atoms with Crippen LogP contribution in [0.1, 0.15) is 112 Å². The molecule has 2 atom stereocenters. The Labute approximate surface area is 385 Å². The molecule has 1 saturated heterocycles. The topological polar surface area (TPSA) is 89.8 Å². The summed E-state index contributed by atoms with van der Waals surface area (Å²) < 4.78 is 15.1. The van der Waals surface area contributed by atoms with Gasteiger partial charge in [-0.3, -0.25) is 0 Å². The van der Waals surface area contributed by atoms with Gasteiger partial charge in [0.2, 0.25) is 0 Å². The number of ether oxygens (including phenoxy) is 1. The first-order valence-electron chi connectivity index (χ1n) is 22.6. The zero-order valence-corrected chi connectivity index (χ0v) is 41.3. The van der Waals surface area contributed by atoms with Crippen LogP contribution in [-0.2, 0) is 15.8 Å². The molecular weight excluding hydrogens is 834 g/mol. The van der Waals surface area contributed by atoms with Gasteiger partial charge in [-0.25, -0.2) is 19.1 Å². The molecule has 0 radical (unpaired) electrons. The molecule has 1 aliphatic heterocycles. The number of carbonyl (C=O) groups excluding carboxylic acids is 1. The van der Waals surface area contributed by atoms with Crippen LogP contribution in [-0.4, -0.2) is 64.6 Å². The highest BCUT2D eigenvalue weighted by atomic mass is 35.5. The summed E-state index contributed by atoms with van der Waals surface area (Å²) in [4.78, 5) is 43.0. The summed E-state index contributed by atoms with van der Waals surface area (Å²) in [5.41, 5.74) is 4.47. The highest BCUT2D eigenvalue weighted by Crippen LogP contribution is 2.41. The number of pyridine rings is 1. The van der Waals surface area contributed by atoms with Gasteiger partial charge in [0, 0.05) is 36.3 Å². The number of piperazine rings is 1. The van der Waals surface area contributed by atoms with Crippen LogP contribution in [0.4, 0.5) is 10.6 Å². The van der Waals surface area contributed by atoms with Gasteiger partial charge in [0.15, 0.2) is 5.65 Å². The average Bonchev–Trinajstić information content (AvgIpc) is 3.24. The molecule has 0 bridgehead atoms. The number of amides is 1. The number of anilines is 1. The standard InChI is InChI=1S/C53H64ClN5O4Si/c1-34(2)41-27-19-20-28-43(41)46-45(54)30-44-48(57-31-37(6)58(32-36(57)5)51(61)63-52(7,8)9)56-50(60)59(49(44)55-46)47-38(22-21-29-42(47)35(3)4)33-62-64(53(10,11)12,39-23-15-13-16-24-39)40-25-17-14-18-26-40/h13-30,34-37H,31-33H2,1-12H3/t36-,37+/m0/s1. The predicted molar refractivity (Wildman–Crippen MR) is 265 cm³/mol. The third kappa shape index (κ3) is 9.02. The highest BCUT2D eigenvalue weighted by molar-refractivity contribution is 6.99. The van der Waals surface area contributed by atoms with E-state index in [0.717, 1.165) is 22.3 Å². The molecule has 11 heteroatoms. The lowest BCUT2D eigenvalue weighted by atomic mass is 9.95. The molecule has 4 aromatic carbocycles. The van der Waals surface area contributed by atoms with E-state index in [1.54, 1.807) is 9.47 Å². The van der Waals surface area contributed by atoms with E-state index in [-0.39, 0.29) is 41.7 Å². The molecule has 64 heavy (non-hydrogen) atoms. The summed E-state index contributed by atoms with van der Waals surface area (Å²) >= 11 is 7.35. The number of para-hydroxylation sites is 1. The summed E-state index contributed by atoms with van der Waals surface area (Å²) in [5, 5.41) is 3.16. The second-order valence-electron chi connectivity index (χ2n) is 19.9. The molecule has 1 amide bonds. The lowest BCUT2D eigenvalue weighted by molar-refractivity contribution is 0.0130. The maximum absolute atomic E-state index is 15.3. The minimum atomic E-state index is -3.00. The van der Waals surface area contributed by atoms with Crippen molar-refractivity contribution in [3.05, 3.63) is 141 Å². The van der Waals surface area contributed by atoms with Gasteiger partial charge in [-0.05, 0) is 79.1 Å². The van der Waals surface area contributed by atoms with Gasteiger partial charge in [-0.15, -0.1) is 0 Å². The maximum Gasteiger partial charge on any atom is 0.410 e. The largest absolute Gasteiger partial charge is 0.444 e. The lowest BCUT2D eigenvalue weighted by Crippen LogP contribution is -2.66. The summed E-state index contributed by atoms with van der Waals surface area (Å²) in [6.45, 7) is 26.1. The minimum Gasteiger partial charge on any atom is -0.444 e. The fraction of sp³-hybridized carbons (Fsp3) is 0.396. The number of aromatic nitrogens is 3. The zero-order chi connectivity index (χ0) is 46.3. The number of nitrogens with zero attached hydrogens (tertiary/aromatic N) is 5. The van der Waals surface area contributed by atoms with E-state index in [9.17, 15) is 4.79 Å². The van der Waals surface area contributed by atoms with Crippen LogP contribution in [0.5, 0.6) is 0 Å². The third-order valence-corrected chi connectivity index (χ3v) is 17.7. The van der Waals surface area contributed by atoms with E-state index in [0.29, 0.717) is 46.3 Å². The van der Waals surface area contributed by atoms with E-state index in [1.807, 2.05) is 71.0 Å². The van der Waals surface area contributed by atoms with E-state index in [2.05, 4.69) is 126 Å². The Balaban J connectivity index is 1.47. The van der Waals surface area contributed by atoms with Crippen molar-refractivity contribution >= 4 is 53.2 Å². The number of carbonyl (C=O) groups is 1. The molecule has 0 saturated carbocycles. The van der Waals surface area contributed by atoms with Gasteiger partial charge in [0.1, 0.15) is 11.4 Å². The Kier molecular flexibility index (Phi) is 13.3. The number of rotatable bonds is 10. The third-order valence-electron chi connectivity index (χ3n) is 12.4. The van der Waals surface area contributed by atoms with E-state index in [1.165, 1.54) is 10.4 Å². The fourth-order valence-corrected chi connectivity index (χ4v) is 14.1. The normalized spacial score (nSPS) is 16.2. The first-order valence-corrected chi connectivity index (χ1v) is 24.9. The molecule has 0 N–H and O–H groups in total. The summed E-state index contributed by atoms with van der Waals surface area (Å²) in [6.07, 6.45) is -0.365. The minimum absolute atomic E-state index is 0.0275. The number of halogens is 1. The van der Waals surface area contributed by atoms with Crippen molar-refractivity contribution in [2.24, 2.45) is 0 Å². The zero-order valence-electron chi connectivity index (χ0n) is 39.6. The molecule has 2 aromatic heterocycles. The van der Waals surface area contributed by atoms with Crippen LogP contribution >= 0.6 is 11.6 Å². The Bertz CT molecular complexity index is 2650. The molecule has 3 heterocycles. The number of hydrogen-bond acceptors (Lipinski definition) is 7. The number of fused-ring (bicyclic) bond motifs is 1. The number of hydrogen-bond donors (Lipinski definition) is 0. The summed E-state index contributed by atoms with van der Waals surface area (Å²) in [7, 11) is -3.00. The quantitative estimate of drug-likeness (QED) is 0.127. The molecular formula is C53H64ClN5O4Si. The van der Waals surface area contributed by atoms with Crippen molar-refractivity contribution in [1.82, 2.24) is 19.4 Å². The van der Waals surface area contributed by atoms with Crippen LogP contribution in [0.25, 0.3) is 28.0 Å². The van der Waals surface area contributed by atoms with Gasteiger partial charge in [-0.1, -0.05) is 163 Å². The number of benzene rings is 4. The average molecular weight is 899 g/mol. The Morgan fingerprint density at radius 1 is 0.766 bits per heavy atom. The van der Waals surface area contributed by atoms with Crippen molar-refractivity contribution in [3.63, 3.8) is 0 Å². The molecule has 1 fully saturated rings. The second-order valence-corrected chi connectivity index (χ2v) is 24.6. The first-order chi connectivity index (χ1) is 30.2. The van der Waals surface area contributed by atoms with Crippen molar-refractivity contribution in [2.75, 3.05) is 18.0 Å². The lowest BCUT2D eigenvalue weighted by Gasteiger charge is -2.45.